The van der Waals surface area contributed by atoms with E-state index in [1.807, 2.05) is 26.0 Å². The Morgan fingerprint density at radius 1 is 1.14 bits per heavy atom. The molecular weight excluding hydrogens is 385 g/mol. The molecule has 5 nitrogen and oxygen atoms in total. The van der Waals surface area contributed by atoms with E-state index in [1.54, 1.807) is 17.0 Å². The molecule has 2 aromatic rings. The molecule has 0 saturated carbocycles. The second-order valence-electron chi connectivity index (χ2n) is 7.30. The van der Waals surface area contributed by atoms with Gasteiger partial charge in [0.05, 0.1) is 0 Å². The van der Waals surface area contributed by atoms with Crippen LogP contribution in [0.5, 0.6) is 5.75 Å². The highest BCUT2D eigenvalue weighted by atomic mass is 19.4. The van der Waals surface area contributed by atoms with Crippen LogP contribution in [0.15, 0.2) is 48.5 Å². The number of fused-ring (bicyclic) bond motifs is 1. The van der Waals surface area contributed by atoms with E-state index in [1.165, 1.54) is 12.1 Å². The molecule has 2 aromatic carbocycles. The van der Waals surface area contributed by atoms with Crippen LogP contribution in [0.4, 0.5) is 18.9 Å². The molecule has 2 amide bonds. The Morgan fingerprint density at radius 3 is 2.38 bits per heavy atom. The summed E-state index contributed by atoms with van der Waals surface area (Å²) in [6.07, 6.45) is -4.32. The second kappa shape index (κ2) is 8.14. The number of anilines is 1. The highest BCUT2D eigenvalue weighted by Crippen LogP contribution is 2.28. The molecule has 0 fully saturated rings. The lowest BCUT2D eigenvalue weighted by atomic mass is 10.0. The molecule has 1 aliphatic rings. The van der Waals surface area contributed by atoms with Gasteiger partial charge in [-0.1, -0.05) is 32.0 Å². The molecule has 154 valence electrons. The van der Waals surface area contributed by atoms with Crippen molar-refractivity contribution in [2.24, 2.45) is 5.92 Å². The van der Waals surface area contributed by atoms with Crippen LogP contribution >= 0.6 is 0 Å². The minimum absolute atomic E-state index is 0.157. The van der Waals surface area contributed by atoms with Crippen molar-refractivity contribution in [3.8, 4) is 5.75 Å². The van der Waals surface area contributed by atoms with Crippen molar-refractivity contribution in [1.29, 1.82) is 0 Å². The van der Waals surface area contributed by atoms with E-state index < -0.39 is 12.4 Å². The normalized spacial score (nSPS) is 14.7. The summed E-state index contributed by atoms with van der Waals surface area (Å²) in [5.41, 5.74) is 1.78. The molecule has 3 rings (SSSR count). The molecule has 0 aliphatic carbocycles. The Morgan fingerprint density at radius 2 is 1.79 bits per heavy atom. The zero-order valence-corrected chi connectivity index (χ0v) is 16.0. The van der Waals surface area contributed by atoms with Gasteiger partial charge >= 0.3 is 6.36 Å². The highest BCUT2D eigenvalue weighted by molar-refractivity contribution is 6.03. The molecule has 0 bridgehead atoms. The summed E-state index contributed by atoms with van der Waals surface area (Å²) in [6.45, 7) is 4.26. The summed E-state index contributed by atoms with van der Waals surface area (Å²) >= 11 is 0. The first-order chi connectivity index (χ1) is 13.6. The van der Waals surface area contributed by atoms with E-state index >= 15 is 0 Å². The van der Waals surface area contributed by atoms with Gasteiger partial charge in [-0.05, 0) is 48.2 Å². The van der Waals surface area contributed by atoms with Crippen LogP contribution in [-0.2, 0) is 11.3 Å². The quantitative estimate of drug-likeness (QED) is 0.763. The SMILES string of the molecule is CC(C)C[C@@H](C(=O)Nc1ccc(OC(F)(F)F)cc1)N1Cc2ccccc2C1=O. The number of nitrogens with zero attached hydrogens (tertiary/aromatic N) is 1. The molecule has 0 saturated heterocycles. The fourth-order valence-corrected chi connectivity index (χ4v) is 3.32. The average Bonchev–Trinajstić information content (AvgIpc) is 2.97. The first-order valence-electron chi connectivity index (χ1n) is 9.19. The highest BCUT2D eigenvalue weighted by Gasteiger charge is 2.36. The number of benzene rings is 2. The molecule has 0 aromatic heterocycles. The van der Waals surface area contributed by atoms with Crippen molar-refractivity contribution in [2.45, 2.75) is 39.2 Å². The van der Waals surface area contributed by atoms with Crippen LogP contribution < -0.4 is 10.1 Å². The van der Waals surface area contributed by atoms with Gasteiger partial charge in [-0.15, -0.1) is 13.2 Å². The van der Waals surface area contributed by atoms with Gasteiger partial charge in [0.2, 0.25) is 5.91 Å². The molecular formula is C21H21F3N2O3. The summed E-state index contributed by atoms with van der Waals surface area (Å²) in [5, 5.41) is 2.69. The zero-order chi connectivity index (χ0) is 21.2. The number of carbonyl (C=O) groups is 2. The molecule has 0 spiro atoms. The van der Waals surface area contributed by atoms with E-state index in [2.05, 4.69) is 10.1 Å². The predicted molar refractivity (Wildman–Crippen MR) is 101 cm³/mol. The number of carbonyl (C=O) groups excluding carboxylic acids is 2. The fraction of sp³-hybridized carbons (Fsp3) is 0.333. The number of hydrogen-bond acceptors (Lipinski definition) is 3. The van der Waals surface area contributed by atoms with E-state index in [-0.39, 0.29) is 23.5 Å². The number of halogens is 3. The minimum atomic E-state index is -4.78. The summed E-state index contributed by atoms with van der Waals surface area (Å²) in [4.78, 5) is 27.2. The van der Waals surface area contributed by atoms with Crippen LogP contribution in [0, 0.1) is 5.92 Å². The standard InChI is InChI=1S/C21H21F3N2O3/c1-13(2)11-18(26-12-14-5-3-4-6-17(14)20(26)28)19(27)25-15-7-9-16(10-8-15)29-21(22,23)24/h3-10,13,18H,11-12H2,1-2H3,(H,25,27)/t18-/m0/s1. The lowest BCUT2D eigenvalue weighted by molar-refractivity contribution is -0.274. The molecule has 1 atom stereocenters. The van der Waals surface area contributed by atoms with Gasteiger partial charge in [0, 0.05) is 17.8 Å². The first-order valence-corrected chi connectivity index (χ1v) is 9.19. The Balaban J connectivity index is 1.74. The van der Waals surface area contributed by atoms with E-state index in [0.29, 0.717) is 24.2 Å². The Bertz CT molecular complexity index is 895. The predicted octanol–water partition coefficient (Wildman–Crippen LogP) is 4.59. The maximum absolute atomic E-state index is 12.9. The average molecular weight is 406 g/mol. The van der Waals surface area contributed by atoms with Crippen molar-refractivity contribution in [3.63, 3.8) is 0 Å². The molecule has 1 heterocycles. The van der Waals surface area contributed by atoms with Crippen molar-refractivity contribution >= 4 is 17.5 Å². The number of alkyl halides is 3. The van der Waals surface area contributed by atoms with Crippen molar-refractivity contribution < 1.29 is 27.5 Å². The molecule has 8 heteroatoms. The second-order valence-corrected chi connectivity index (χ2v) is 7.30. The zero-order valence-electron chi connectivity index (χ0n) is 16.0. The number of hydrogen-bond donors (Lipinski definition) is 1. The summed E-state index contributed by atoms with van der Waals surface area (Å²) in [6, 6.07) is 11.4. The Kier molecular flexibility index (Phi) is 5.81. The van der Waals surface area contributed by atoms with Gasteiger partial charge in [0.25, 0.3) is 5.91 Å². The third kappa shape index (κ3) is 5.07. The van der Waals surface area contributed by atoms with Crippen LogP contribution in [-0.4, -0.2) is 29.1 Å². The van der Waals surface area contributed by atoms with E-state index in [4.69, 9.17) is 0 Å². The van der Waals surface area contributed by atoms with E-state index in [9.17, 15) is 22.8 Å². The molecule has 1 aliphatic heterocycles. The van der Waals surface area contributed by atoms with Crippen LogP contribution in [0.25, 0.3) is 0 Å². The van der Waals surface area contributed by atoms with Gasteiger partial charge in [0.1, 0.15) is 11.8 Å². The number of nitrogens with one attached hydrogen (secondary N) is 1. The topological polar surface area (TPSA) is 58.6 Å². The smallest absolute Gasteiger partial charge is 0.406 e. The lowest BCUT2D eigenvalue weighted by Gasteiger charge is -2.28. The number of rotatable bonds is 6. The van der Waals surface area contributed by atoms with Crippen LogP contribution in [0.1, 0.15) is 36.2 Å². The maximum atomic E-state index is 12.9. The Labute approximate surface area is 166 Å². The molecule has 0 radical (unpaired) electrons. The summed E-state index contributed by atoms with van der Waals surface area (Å²) < 4.78 is 40.6. The van der Waals surface area contributed by atoms with Gasteiger partial charge in [-0.25, -0.2) is 0 Å². The largest absolute Gasteiger partial charge is 0.573 e. The lowest BCUT2D eigenvalue weighted by Crippen LogP contribution is -2.45. The number of ether oxygens (including phenoxy) is 1. The fourth-order valence-electron chi connectivity index (χ4n) is 3.32. The van der Waals surface area contributed by atoms with Crippen LogP contribution in [0.2, 0.25) is 0 Å². The van der Waals surface area contributed by atoms with E-state index in [0.717, 1.165) is 17.7 Å². The maximum Gasteiger partial charge on any atom is 0.573 e. The van der Waals surface area contributed by atoms with Gasteiger partial charge in [-0.2, -0.15) is 0 Å². The third-order valence-corrected chi connectivity index (χ3v) is 4.58. The first kappa shape index (κ1) is 20.7. The Hall–Kier alpha value is -3.03. The van der Waals surface area contributed by atoms with Crippen molar-refractivity contribution in [2.75, 3.05) is 5.32 Å². The summed E-state index contributed by atoms with van der Waals surface area (Å²) in [5.74, 6) is -0.802. The van der Waals surface area contributed by atoms with Gasteiger partial charge in [-0.3, -0.25) is 9.59 Å². The molecule has 0 unspecified atom stereocenters. The monoisotopic (exact) mass is 406 g/mol. The van der Waals surface area contributed by atoms with Gasteiger partial charge in [0.15, 0.2) is 0 Å². The van der Waals surface area contributed by atoms with Crippen LogP contribution in [0.3, 0.4) is 0 Å². The molecule has 29 heavy (non-hydrogen) atoms. The summed E-state index contributed by atoms with van der Waals surface area (Å²) in [7, 11) is 0. The minimum Gasteiger partial charge on any atom is -0.406 e. The van der Waals surface area contributed by atoms with Crippen molar-refractivity contribution in [3.05, 3.63) is 59.7 Å². The molecule has 1 N–H and O–H groups in total. The van der Waals surface area contributed by atoms with Crippen molar-refractivity contribution in [1.82, 2.24) is 4.90 Å². The number of amides is 2. The van der Waals surface area contributed by atoms with Gasteiger partial charge < -0.3 is 15.0 Å². The third-order valence-electron chi connectivity index (χ3n) is 4.58.